The standard InChI is InChI=1S/C23H23Cl2N3O3S/c1-32(29,30)28-23(12-2-3-13-23)15-31-20-14-26-21(16-4-8-18(24)9-5-16)22(27-20)17-6-10-19(25)11-7-17/h4-11,14,28H,2-3,12-13,15H2,1H3. The molecule has 1 heterocycles. The van der Waals surface area contributed by atoms with Crippen LogP contribution in [0.15, 0.2) is 54.7 Å². The van der Waals surface area contributed by atoms with Crippen LogP contribution in [0.1, 0.15) is 25.7 Å². The van der Waals surface area contributed by atoms with E-state index in [-0.39, 0.29) is 6.61 Å². The van der Waals surface area contributed by atoms with E-state index in [1.54, 1.807) is 30.5 Å². The minimum atomic E-state index is -3.36. The molecule has 6 nitrogen and oxygen atoms in total. The number of rotatable bonds is 7. The molecule has 0 bridgehead atoms. The Morgan fingerprint density at radius 3 is 2.00 bits per heavy atom. The van der Waals surface area contributed by atoms with Crippen LogP contribution in [0.2, 0.25) is 10.0 Å². The molecule has 0 saturated heterocycles. The molecule has 0 radical (unpaired) electrons. The van der Waals surface area contributed by atoms with Crippen LogP contribution < -0.4 is 9.46 Å². The van der Waals surface area contributed by atoms with Crippen molar-refractivity contribution in [2.24, 2.45) is 0 Å². The van der Waals surface area contributed by atoms with E-state index in [9.17, 15) is 8.42 Å². The van der Waals surface area contributed by atoms with E-state index in [0.717, 1.165) is 36.8 Å². The van der Waals surface area contributed by atoms with Crippen LogP contribution in [0.4, 0.5) is 0 Å². The van der Waals surface area contributed by atoms with Crippen LogP contribution in [-0.4, -0.2) is 36.8 Å². The molecule has 168 valence electrons. The Kier molecular flexibility index (Phi) is 6.72. The number of hydrogen-bond acceptors (Lipinski definition) is 5. The Labute approximate surface area is 198 Å². The first kappa shape index (κ1) is 23.0. The first-order chi connectivity index (χ1) is 15.2. The zero-order valence-corrected chi connectivity index (χ0v) is 19.8. The van der Waals surface area contributed by atoms with Crippen molar-refractivity contribution in [1.82, 2.24) is 14.7 Å². The van der Waals surface area contributed by atoms with Crippen LogP contribution in [0, 0.1) is 0 Å². The number of sulfonamides is 1. The molecule has 4 rings (SSSR count). The summed E-state index contributed by atoms with van der Waals surface area (Å²) < 4.78 is 32.5. The van der Waals surface area contributed by atoms with Crippen molar-refractivity contribution in [1.29, 1.82) is 0 Å². The molecular weight excluding hydrogens is 469 g/mol. The van der Waals surface area contributed by atoms with Gasteiger partial charge in [0.05, 0.1) is 23.7 Å². The van der Waals surface area contributed by atoms with Gasteiger partial charge in [-0.3, -0.25) is 0 Å². The summed E-state index contributed by atoms with van der Waals surface area (Å²) in [5.41, 5.74) is 2.40. The maximum Gasteiger partial charge on any atom is 0.232 e. The van der Waals surface area contributed by atoms with Crippen molar-refractivity contribution in [2.75, 3.05) is 12.9 Å². The van der Waals surface area contributed by atoms with Crippen molar-refractivity contribution in [3.63, 3.8) is 0 Å². The summed E-state index contributed by atoms with van der Waals surface area (Å²) in [7, 11) is -3.36. The summed E-state index contributed by atoms with van der Waals surface area (Å²) in [6.45, 7) is 0.190. The second kappa shape index (κ2) is 9.35. The van der Waals surface area contributed by atoms with E-state index in [0.29, 0.717) is 27.3 Å². The molecule has 1 aromatic heterocycles. The van der Waals surface area contributed by atoms with Crippen LogP contribution in [0.25, 0.3) is 22.5 Å². The van der Waals surface area contributed by atoms with Gasteiger partial charge in [-0.25, -0.2) is 23.1 Å². The largest absolute Gasteiger partial charge is 0.475 e. The quantitative estimate of drug-likeness (QED) is 0.481. The van der Waals surface area contributed by atoms with Gasteiger partial charge in [0, 0.05) is 21.2 Å². The molecule has 32 heavy (non-hydrogen) atoms. The molecule has 9 heteroatoms. The normalized spacial score (nSPS) is 15.6. The maximum absolute atomic E-state index is 11.9. The van der Waals surface area contributed by atoms with Gasteiger partial charge in [0.15, 0.2) is 0 Å². The number of halogens is 2. The van der Waals surface area contributed by atoms with E-state index in [1.165, 1.54) is 6.26 Å². The molecule has 1 aliphatic rings. The molecule has 0 amide bonds. The molecule has 0 atom stereocenters. The highest BCUT2D eigenvalue weighted by atomic mass is 35.5. The molecular formula is C23H23Cl2N3O3S. The summed E-state index contributed by atoms with van der Waals surface area (Å²) in [5.74, 6) is 0.328. The van der Waals surface area contributed by atoms with Gasteiger partial charge in [-0.15, -0.1) is 0 Å². The van der Waals surface area contributed by atoms with Crippen LogP contribution in [-0.2, 0) is 10.0 Å². The lowest BCUT2D eigenvalue weighted by molar-refractivity contribution is 0.199. The monoisotopic (exact) mass is 491 g/mol. The van der Waals surface area contributed by atoms with Gasteiger partial charge in [0.1, 0.15) is 12.3 Å². The average Bonchev–Trinajstić information content (AvgIpc) is 3.20. The molecule has 1 aliphatic carbocycles. The Hall–Kier alpha value is -2.19. The fraction of sp³-hybridized carbons (Fsp3) is 0.304. The fourth-order valence-electron chi connectivity index (χ4n) is 4.00. The Balaban J connectivity index is 1.67. The zero-order valence-electron chi connectivity index (χ0n) is 17.5. The third-order valence-electron chi connectivity index (χ3n) is 5.44. The lowest BCUT2D eigenvalue weighted by Crippen LogP contribution is -2.50. The Bertz CT molecular complexity index is 1190. The smallest absolute Gasteiger partial charge is 0.232 e. The zero-order chi connectivity index (χ0) is 22.8. The molecule has 1 fully saturated rings. The van der Waals surface area contributed by atoms with Gasteiger partial charge in [0.25, 0.3) is 0 Å². The van der Waals surface area contributed by atoms with Crippen LogP contribution in [0.5, 0.6) is 5.88 Å². The number of benzene rings is 2. The van der Waals surface area contributed by atoms with Gasteiger partial charge in [-0.2, -0.15) is 0 Å². The second-order valence-electron chi connectivity index (χ2n) is 8.07. The van der Waals surface area contributed by atoms with E-state index >= 15 is 0 Å². The maximum atomic E-state index is 11.9. The van der Waals surface area contributed by atoms with Crippen molar-refractivity contribution in [3.8, 4) is 28.4 Å². The fourth-order valence-corrected chi connectivity index (χ4v) is 5.31. The third kappa shape index (κ3) is 5.59. The summed E-state index contributed by atoms with van der Waals surface area (Å²) in [5, 5.41) is 1.26. The van der Waals surface area contributed by atoms with Gasteiger partial charge in [-0.1, -0.05) is 60.3 Å². The summed E-state index contributed by atoms with van der Waals surface area (Å²) >= 11 is 12.1. The van der Waals surface area contributed by atoms with E-state index < -0.39 is 15.6 Å². The van der Waals surface area contributed by atoms with Crippen LogP contribution >= 0.6 is 23.2 Å². The van der Waals surface area contributed by atoms with Gasteiger partial charge in [-0.05, 0) is 37.1 Å². The molecule has 2 aromatic carbocycles. The molecule has 0 spiro atoms. The van der Waals surface area contributed by atoms with Gasteiger partial charge in [0.2, 0.25) is 15.9 Å². The Morgan fingerprint density at radius 2 is 1.47 bits per heavy atom. The third-order valence-corrected chi connectivity index (χ3v) is 6.75. The number of nitrogens with zero attached hydrogens (tertiary/aromatic N) is 2. The number of ether oxygens (including phenoxy) is 1. The lowest BCUT2D eigenvalue weighted by Gasteiger charge is -2.28. The minimum absolute atomic E-state index is 0.190. The van der Waals surface area contributed by atoms with Crippen molar-refractivity contribution in [2.45, 2.75) is 31.2 Å². The summed E-state index contributed by atoms with van der Waals surface area (Å²) in [4.78, 5) is 9.34. The topological polar surface area (TPSA) is 81.2 Å². The SMILES string of the molecule is CS(=O)(=O)NC1(COc2cnc(-c3ccc(Cl)cc3)c(-c3ccc(Cl)cc3)n2)CCCC1. The minimum Gasteiger partial charge on any atom is -0.475 e. The average molecular weight is 492 g/mol. The predicted octanol–water partition coefficient (Wildman–Crippen LogP) is 5.36. The van der Waals surface area contributed by atoms with Gasteiger partial charge >= 0.3 is 0 Å². The van der Waals surface area contributed by atoms with Crippen molar-refractivity contribution < 1.29 is 13.2 Å². The van der Waals surface area contributed by atoms with Crippen molar-refractivity contribution >= 4 is 33.2 Å². The molecule has 1 N–H and O–H groups in total. The number of hydrogen-bond donors (Lipinski definition) is 1. The Morgan fingerprint density at radius 1 is 0.938 bits per heavy atom. The summed E-state index contributed by atoms with van der Waals surface area (Å²) in [6, 6.07) is 14.7. The van der Waals surface area contributed by atoms with E-state index in [1.807, 2.05) is 24.3 Å². The van der Waals surface area contributed by atoms with E-state index in [2.05, 4.69) is 9.71 Å². The molecule has 0 unspecified atom stereocenters. The summed E-state index contributed by atoms with van der Waals surface area (Å²) in [6.07, 6.45) is 6.08. The first-order valence-corrected chi connectivity index (χ1v) is 12.9. The highest BCUT2D eigenvalue weighted by molar-refractivity contribution is 7.88. The second-order valence-corrected chi connectivity index (χ2v) is 10.7. The number of aromatic nitrogens is 2. The first-order valence-electron chi connectivity index (χ1n) is 10.2. The molecule has 0 aliphatic heterocycles. The molecule has 3 aromatic rings. The lowest BCUT2D eigenvalue weighted by atomic mass is 10.0. The highest BCUT2D eigenvalue weighted by Gasteiger charge is 2.37. The van der Waals surface area contributed by atoms with Crippen molar-refractivity contribution in [3.05, 3.63) is 64.8 Å². The number of nitrogens with one attached hydrogen (secondary N) is 1. The highest BCUT2D eigenvalue weighted by Crippen LogP contribution is 2.34. The van der Waals surface area contributed by atoms with Gasteiger partial charge < -0.3 is 4.74 Å². The predicted molar refractivity (Wildman–Crippen MR) is 128 cm³/mol. The molecule has 1 saturated carbocycles. The van der Waals surface area contributed by atoms with Crippen LogP contribution in [0.3, 0.4) is 0 Å². The van der Waals surface area contributed by atoms with E-state index in [4.69, 9.17) is 32.9 Å².